The third kappa shape index (κ3) is 4.11. The summed E-state index contributed by atoms with van der Waals surface area (Å²) in [5, 5.41) is 5.50. The molecule has 138 valence electrons. The molecular formula is C21H22N4O2. The van der Waals surface area contributed by atoms with E-state index in [0.29, 0.717) is 11.1 Å². The Morgan fingerprint density at radius 1 is 0.889 bits per heavy atom. The van der Waals surface area contributed by atoms with Crippen molar-refractivity contribution in [1.29, 1.82) is 0 Å². The molecule has 0 aliphatic heterocycles. The summed E-state index contributed by atoms with van der Waals surface area (Å²) in [4.78, 5) is 33.5. The van der Waals surface area contributed by atoms with Gasteiger partial charge in [-0.2, -0.15) is 0 Å². The van der Waals surface area contributed by atoms with Gasteiger partial charge in [0.1, 0.15) is 0 Å². The Balaban J connectivity index is 1.67. The number of amides is 2. The molecule has 0 saturated carbocycles. The molecule has 6 heteroatoms. The first-order chi connectivity index (χ1) is 12.8. The molecular weight excluding hydrogens is 340 g/mol. The van der Waals surface area contributed by atoms with E-state index in [1.807, 2.05) is 45.9 Å². The van der Waals surface area contributed by atoms with Gasteiger partial charge in [-0.25, -0.2) is 9.97 Å². The molecule has 0 atom stereocenters. The quantitative estimate of drug-likeness (QED) is 0.746. The summed E-state index contributed by atoms with van der Waals surface area (Å²) in [6, 6.07) is 10.9. The summed E-state index contributed by atoms with van der Waals surface area (Å²) in [5.41, 5.74) is 6.27. The smallest absolute Gasteiger partial charge is 0.251 e. The van der Waals surface area contributed by atoms with Gasteiger partial charge in [-0.15, -0.1) is 0 Å². The summed E-state index contributed by atoms with van der Waals surface area (Å²) in [7, 11) is 0. The van der Waals surface area contributed by atoms with E-state index in [-0.39, 0.29) is 18.4 Å². The lowest BCUT2D eigenvalue weighted by Crippen LogP contribution is -2.33. The molecule has 0 spiro atoms. The highest BCUT2D eigenvalue weighted by molar-refractivity contribution is 6.01. The molecule has 2 N–H and O–H groups in total. The standard InChI is InChI=1S/C21H22N4O2/c1-12-6-5-7-13(2)20(12)25-19(26)11-22-21(27)16-8-9-17-18(10-16)24-15(4)14(3)23-17/h5-10H,11H2,1-4H3,(H,22,27)(H,25,26). The van der Waals surface area contributed by atoms with Gasteiger partial charge in [-0.05, 0) is 57.0 Å². The zero-order valence-electron chi connectivity index (χ0n) is 15.9. The number of carbonyl (C=O) groups excluding carboxylic acids is 2. The van der Waals surface area contributed by atoms with E-state index in [9.17, 15) is 9.59 Å². The first-order valence-electron chi connectivity index (χ1n) is 8.74. The molecule has 1 heterocycles. The molecule has 3 rings (SSSR count). The summed E-state index contributed by atoms with van der Waals surface area (Å²) >= 11 is 0. The molecule has 3 aromatic rings. The van der Waals surface area contributed by atoms with E-state index in [4.69, 9.17) is 0 Å². The van der Waals surface area contributed by atoms with Crippen LogP contribution in [-0.2, 0) is 4.79 Å². The summed E-state index contributed by atoms with van der Waals surface area (Å²) in [6.45, 7) is 7.54. The normalized spacial score (nSPS) is 10.7. The summed E-state index contributed by atoms with van der Waals surface area (Å²) < 4.78 is 0. The number of fused-ring (bicyclic) bond motifs is 1. The average Bonchev–Trinajstić information content (AvgIpc) is 2.63. The maximum Gasteiger partial charge on any atom is 0.251 e. The van der Waals surface area contributed by atoms with Gasteiger partial charge < -0.3 is 10.6 Å². The second-order valence-electron chi connectivity index (χ2n) is 6.60. The van der Waals surface area contributed by atoms with Crippen LogP contribution in [-0.4, -0.2) is 28.3 Å². The Bertz CT molecular complexity index is 1020. The lowest BCUT2D eigenvalue weighted by Gasteiger charge is -2.12. The Hall–Kier alpha value is -3.28. The molecule has 0 unspecified atom stereocenters. The number of benzene rings is 2. The molecule has 1 aromatic heterocycles. The topological polar surface area (TPSA) is 84.0 Å². The highest BCUT2D eigenvalue weighted by atomic mass is 16.2. The van der Waals surface area contributed by atoms with Crippen molar-refractivity contribution in [2.45, 2.75) is 27.7 Å². The number of rotatable bonds is 4. The molecule has 27 heavy (non-hydrogen) atoms. The van der Waals surface area contributed by atoms with Crippen LogP contribution in [0.3, 0.4) is 0 Å². The number of aryl methyl sites for hydroxylation is 4. The van der Waals surface area contributed by atoms with Crippen molar-refractivity contribution in [3.8, 4) is 0 Å². The first-order valence-corrected chi connectivity index (χ1v) is 8.74. The minimum Gasteiger partial charge on any atom is -0.343 e. The van der Waals surface area contributed by atoms with Gasteiger partial charge >= 0.3 is 0 Å². The van der Waals surface area contributed by atoms with Gasteiger partial charge in [0.15, 0.2) is 0 Å². The molecule has 0 aliphatic rings. The number of hydrogen-bond acceptors (Lipinski definition) is 4. The van der Waals surface area contributed by atoms with Crippen LogP contribution in [0.15, 0.2) is 36.4 Å². The number of aromatic nitrogens is 2. The largest absolute Gasteiger partial charge is 0.343 e. The van der Waals surface area contributed by atoms with E-state index >= 15 is 0 Å². The minimum absolute atomic E-state index is 0.108. The van der Waals surface area contributed by atoms with Gasteiger partial charge in [0.2, 0.25) is 5.91 Å². The zero-order valence-corrected chi connectivity index (χ0v) is 15.9. The van der Waals surface area contributed by atoms with Gasteiger partial charge in [0.05, 0.1) is 29.0 Å². The van der Waals surface area contributed by atoms with Crippen LogP contribution in [0.1, 0.15) is 32.9 Å². The number of carbonyl (C=O) groups is 2. The fourth-order valence-corrected chi connectivity index (χ4v) is 2.83. The Morgan fingerprint density at radius 3 is 2.19 bits per heavy atom. The molecule has 0 radical (unpaired) electrons. The monoisotopic (exact) mass is 362 g/mol. The second-order valence-corrected chi connectivity index (χ2v) is 6.60. The second kappa shape index (κ2) is 7.53. The molecule has 0 saturated heterocycles. The van der Waals surface area contributed by atoms with Gasteiger partial charge in [-0.3, -0.25) is 9.59 Å². The highest BCUT2D eigenvalue weighted by Crippen LogP contribution is 2.19. The molecule has 0 bridgehead atoms. The van der Waals surface area contributed by atoms with Crippen molar-refractivity contribution in [3.05, 3.63) is 64.5 Å². The third-order valence-electron chi connectivity index (χ3n) is 4.49. The van der Waals surface area contributed by atoms with Crippen LogP contribution >= 0.6 is 0 Å². The zero-order chi connectivity index (χ0) is 19.6. The summed E-state index contributed by atoms with van der Waals surface area (Å²) in [5.74, 6) is -0.596. The van der Waals surface area contributed by atoms with Crippen molar-refractivity contribution in [3.63, 3.8) is 0 Å². The lowest BCUT2D eigenvalue weighted by atomic mass is 10.1. The highest BCUT2D eigenvalue weighted by Gasteiger charge is 2.12. The van der Waals surface area contributed by atoms with Crippen LogP contribution in [0, 0.1) is 27.7 Å². The molecule has 0 aliphatic carbocycles. The van der Waals surface area contributed by atoms with Crippen LogP contribution in [0.5, 0.6) is 0 Å². The van der Waals surface area contributed by atoms with Crippen molar-refractivity contribution in [2.75, 3.05) is 11.9 Å². The number of anilines is 1. The molecule has 0 fully saturated rings. The fourth-order valence-electron chi connectivity index (χ4n) is 2.83. The molecule has 2 aromatic carbocycles. The SMILES string of the molecule is Cc1cccc(C)c1NC(=O)CNC(=O)c1ccc2nc(C)c(C)nc2c1. The number of nitrogens with zero attached hydrogens (tertiary/aromatic N) is 2. The van der Waals surface area contributed by atoms with Crippen LogP contribution in [0.4, 0.5) is 5.69 Å². The predicted molar refractivity (Wildman–Crippen MR) is 106 cm³/mol. The Labute approximate surface area is 158 Å². The Kier molecular flexibility index (Phi) is 5.16. The van der Waals surface area contributed by atoms with Crippen molar-refractivity contribution >= 4 is 28.5 Å². The van der Waals surface area contributed by atoms with Crippen molar-refractivity contribution < 1.29 is 9.59 Å². The molecule has 6 nitrogen and oxygen atoms in total. The summed E-state index contributed by atoms with van der Waals surface area (Å²) in [6.07, 6.45) is 0. The van der Waals surface area contributed by atoms with E-state index in [0.717, 1.165) is 33.7 Å². The van der Waals surface area contributed by atoms with E-state index < -0.39 is 0 Å². The minimum atomic E-state index is -0.325. The van der Waals surface area contributed by atoms with E-state index in [1.54, 1.807) is 18.2 Å². The number of para-hydroxylation sites is 1. The van der Waals surface area contributed by atoms with Gasteiger partial charge in [0.25, 0.3) is 5.91 Å². The fraction of sp³-hybridized carbons (Fsp3) is 0.238. The van der Waals surface area contributed by atoms with E-state index in [1.165, 1.54) is 0 Å². The predicted octanol–water partition coefficient (Wildman–Crippen LogP) is 3.23. The average molecular weight is 362 g/mol. The van der Waals surface area contributed by atoms with Crippen molar-refractivity contribution in [2.24, 2.45) is 0 Å². The van der Waals surface area contributed by atoms with Crippen molar-refractivity contribution in [1.82, 2.24) is 15.3 Å². The van der Waals surface area contributed by atoms with Crippen LogP contribution in [0.2, 0.25) is 0 Å². The maximum atomic E-state index is 12.4. The number of hydrogen-bond donors (Lipinski definition) is 2. The van der Waals surface area contributed by atoms with Gasteiger partial charge in [0, 0.05) is 11.3 Å². The van der Waals surface area contributed by atoms with Crippen LogP contribution in [0.25, 0.3) is 11.0 Å². The first kappa shape index (κ1) is 18.5. The van der Waals surface area contributed by atoms with Crippen LogP contribution < -0.4 is 10.6 Å². The lowest BCUT2D eigenvalue weighted by molar-refractivity contribution is -0.115. The Morgan fingerprint density at radius 2 is 1.52 bits per heavy atom. The third-order valence-corrected chi connectivity index (χ3v) is 4.49. The molecule has 2 amide bonds. The van der Waals surface area contributed by atoms with E-state index in [2.05, 4.69) is 20.6 Å². The maximum absolute atomic E-state index is 12.4. The van der Waals surface area contributed by atoms with Gasteiger partial charge in [-0.1, -0.05) is 18.2 Å². The number of nitrogens with one attached hydrogen (secondary N) is 2.